The van der Waals surface area contributed by atoms with Crippen LogP contribution in [0.2, 0.25) is 0 Å². The van der Waals surface area contributed by atoms with Crippen molar-refractivity contribution >= 4 is 0 Å². The summed E-state index contributed by atoms with van der Waals surface area (Å²) in [6.07, 6.45) is 1.77. The van der Waals surface area contributed by atoms with Gasteiger partial charge in [-0.1, -0.05) is 0 Å². The van der Waals surface area contributed by atoms with Gasteiger partial charge >= 0.3 is 0 Å². The van der Waals surface area contributed by atoms with Crippen LogP contribution < -0.4 is 14.2 Å². The lowest BCUT2D eigenvalue weighted by Gasteiger charge is -2.14. The van der Waals surface area contributed by atoms with Gasteiger partial charge in [0.1, 0.15) is 5.82 Å². The predicted molar refractivity (Wildman–Crippen MR) is 68.4 cm³/mol. The van der Waals surface area contributed by atoms with E-state index < -0.39 is 0 Å². The van der Waals surface area contributed by atoms with E-state index in [2.05, 4.69) is 9.97 Å². The fourth-order valence-corrected chi connectivity index (χ4v) is 1.84. The number of H-pyrrole nitrogens is 1. The normalized spacial score (nSPS) is 10.2. The summed E-state index contributed by atoms with van der Waals surface area (Å²) in [5, 5.41) is 0. The summed E-state index contributed by atoms with van der Waals surface area (Å²) in [6.45, 7) is 1.95. The standard InChI is InChI=1S/C13H16N2O3/c1-8-7-14-13(15-8)9-5-6-10(16-2)12(18-4)11(9)17-3/h5-7H,1-4H3,(H,14,15). The Morgan fingerprint density at radius 2 is 1.72 bits per heavy atom. The fourth-order valence-electron chi connectivity index (χ4n) is 1.84. The predicted octanol–water partition coefficient (Wildman–Crippen LogP) is 2.41. The van der Waals surface area contributed by atoms with E-state index in [-0.39, 0.29) is 0 Å². The quantitative estimate of drug-likeness (QED) is 0.902. The molecule has 18 heavy (non-hydrogen) atoms. The highest BCUT2D eigenvalue weighted by molar-refractivity contribution is 5.72. The maximum absolute atomic E-state index is 5.41. The number of nitrogens with zero attached hydrogens (tertiary/aromatic N) is 1. The smallest absolute Gasteiger partial charge is 0.204 e. The molecule has 0 atom stereocenters. The summed E-state index contributed by atoms with van der Waals surface area (Å²) >= 11 is 0. The second kappa shape index (κ2) is 5.00. The minimum atomic E-state index is 0.562. The number of aromatic amines is 1. The molecule has 0 aliphatic rings. The third kappa shape index (κ3) is 1.99. The number of ether oxygens (including phenoxy) is 3. The van der Waals surface area contributed by atoms with Crippen LogP contribution in [0.25, 0.3) is 11.4 Å². The molecule has 96 valence electrons. The number of aryl methyl sites for hydroxylation is 1. The van der Waals surface area contributed by atoms with Gasteiger partial charge < -0.3 is 19.2 Å². The van der Waals surface area contributed by atoms with Gasteiger partial charge in [-0.15, -0.1) is 0 Å². The molecule has 0 amide bonds. The highest BCUT2D eigenvalue weighted by atomic mass is 16.5. The van der Waals surface area contributed by atoms with Crippen LogP contribution in [0.5, 0.6) is 17.2 Å². The number of benzene rings is 1. The van der Waals surface area contributed by atoms with Crippen LogP contribution in [0.3, 0.4) is 0 Å². The van der Waals surface area contributed by atoms with Crippen LogP contribution >= 0.6 is 0 Å². The third-order valence-electron chi connectivity index (χ3n) is 2.66. The average molecular weight is 248 g/mol. The number of nitrogens with one attached hydrogen (secondary N) is 1. The van der Waals surface area contributed by atoms with Crippen molar-refractivity contribution in [3.63, 3.8) is 0 Å². The summed E-state index contributed by atoms with van der Waals surface area (Å²) in [4.78, 5) is 7.46. The van der Waals surface area contributed by atoms with Gasteiger partial charge in [-0.2, -0.15) is 0 Å². The molecule has 2 aromatic rings. The molecule has 0 saturated carbocycles. The van der Waals surface area contributed by atoms with E-state index in [1.54, 1.807) is 27.5 Å². The van der Waals surface area contributed by atoms with Crippen molar-refractivity contribution in [1.82, 2.24) is 9.97 Å². The number of aromatic nitrogens is 2. The molecule has 1 heterocycles. The molecule has 1 aromatic heterocycles. The molecule has 0 spiro atoms. The Morgan fingerprint density at radius 3 is 2.22 bits per heavy atom. The van der Waals surface area contributed by atoms with Gasteiger partial charge in [0.05, 0.1) is 26.9 Å². The van der Waals surface area contributed by atoms with Crippen molar-refractivity contribution in [1.29, 1.82) is 0 Å². The van der Waals surface area contributed by atoms with Crippen molar-refractivity contribution < 1.29 is 14.2 Å². The summed E-state index contributed by atoms with van der Waals surface area (Å²) in [5.41, 5.74) is 1.82. The zero-order valence-corrected chi connectivity index (χ0v) is 10.9. The van der Waals surface area contributed by atoms with Crippen molar-refractivity contribution in [3.8, 4) is 28.6 Å². The number of imidazole rings is 1. The zero-order valence-electron chi connectivity index (χ0n) is 10.9. The van der Waals surface area contributed by atoms with Crippen molar-refractivity contribution in [2.75, 3.05) is 21.3 Å². The zero-order chi connectivity index (χ0) is 13.1. The van der Waals surface area contributed by atoms with E-state index in [0.29, 0.717) is 17.2 Å². The lowest BCUT2D eigenvalue weighted by atomic mass is 10.1. The van der Waals surface area contributed by atoms with Gasteiger partial charge in [0.15, 0.2) is 11.5 Å². The Hall–Kier alpha value is -2.17. The van der Waals surface area contributed by atoms with E-state index in [0.717, 1.165) is 17.1 Å². The van der Waals surface area contributed by atoms with E-state index in [4.69, 9.17) is 14.2 Å². The third-order valence-corrected chi connectivity index (χ3v) is 2.66. The molecule has 5 heteroatoms. The van der Waals surface area contributed by atoms with E-state index >= 15 is 0 Å². The first-order chi connectivity index (χ1) is 8.71. The van der Waals surface area contributed by atoms with E-state index in [1.807, 2.05) is 19.1 Å². The highest BCUT2D eigenvalue weighted by Gasteiger charge is 2.18. The molecule has 0 bridgehead atoms. The largest absolute Gasteiger partial charge is 0.493 e. The Kier molecular flexibility index (Phi) is 3.41. The van der Waals surface area contributed by atoms with Crippen LogP contribution in [-0.4, -0.2) is 31.3 Å². The van der Waals surface area contributed by atoms with Crippen LogP contribution in [-0.2, 0) is 0 Å². The first kappa shape index (κ1) is 12.3. The molecule has 0 aliphatic carbocycles. The van der Waals surface area contributed by atoms with Gasteiger partial charge in [-0.05, 0) is 19.1 Å². The Bertz CT molecular complexity index is 549. The lowest BCUT2D eigenvalue weighted by molar-refractivity contribution is 0.325. The SMILES string of the molecule is COc1ccc(-c2ncc(C)[nH]2)c(OC)c1OC. The van der Waals surface area contributed by atoms with Crippen LogP contribution in [0.15, 0.2) is 18.3 Å². The number of hydrogen-bond donors (Lipinski definition) is 1. The Balaban J connectivity index is 2.61. The summed E-state index contributed by atoms with van der Waals surface area (Å²) < 4.78 is 16.0. The van der Waals surface area contributed by atoms with E-state index in [1.165, 1.54) is 0 Å². The first-order valence-corrected chi connectivity index (χ1v) is 5.52. The Labute approximate surface area is 106 Å². The maximum atomic E-state index is 5.41. The molecule has 1 N–H and O–H groups in total. The number of rotatable bonds is 4. The molecule has 0 saturated heterocycles. The molecule has 0 aliphatic heterocycles. The minimum Gasteiger partial charge on any atom is -0.493 e. The highest BCUT2D eigenvalue weighted by Crippen LogP contribution is 2.43. The molecule has 0 unspecified atom stereocenters. The van der Waals surface area contributed by atoms with Gasteiger partial charge in [-0.25, -0.2) is 4.98 Å². The Morgan fingerprint density at radius 1 is 1.00 bits per heavy atom. The molecule has 2 rings (SSSR count). The summed E-state index contributed by atoms with van der Waals surface area (Å²) in [6, 6.07) is 3.72. The second-order valence-corrected chi connectivity index (χ2v) is 3.80. The maximum Gasteiger partial charge on any atom is 0.204 e. The van der Waals surface area contributed by atoms with Crippen LogP contribution in [0, 0.1) is 6.92 Å². The van der Waals surface area contributed by atoms with Crippen molar-refractivity contribution in [3.05, 3.63) is 24.0 Å². The number of hydrogen-bond acceptors (Lipinski definition) is 4. The van der Waals surface area contributed by atoms with Gasteiger partial charge in [-0.3, -0.25) is 0 Å². The fraction of sp³-hybridized carbons (Fsp3) is 0.308. The van der Waals surface area contributed by atoms with Gasteiger partial charge in [0.25, 0.3) is 0 Å². The molecule has 5 nitrogen and oxygen atoms in total. The monoisotopic (exact) mass is 248 g/mol. The molecule has 1 aromatic carbocycles. The van der Waals surface area contributed by atoms with Crippen molar-refractivity contribution in [2.24, 2.45) is 0 Å². The van der Waals surface area contributed by atoms with Gasteiger partial charge in [0.2, 0.25) is 5.75 Å². The average Bonchev–Trinajstić information content (AvgIpc) is 2.83. The van der Waals surface area contributed by atoms with Gasteiger partial charge in [0, 0.05) is 11.9 Å². The van der Waals surface area contributed by atoms with E-state index in [9.17, 15) is 0 Å². The molecule has 0 radical (unpaired) electrons. The molecular formula is C13H16N2O3. The number of methoxy groups -OCH3 is 3. The summed E-state index contributed by atoms with van der Waals surface area (Å²) in [5.74, 6) is 2.53. The second-order valence-electron chi connectivity index (χ2n) is 3.80. The topological polar surface area (TPSA) is 56.4 Å². The van der Waals surface area contributed by atoms with Crippen LogP contribution in [0.1, 0.15) is 5.69 Å². The lowest BCUT2D eigenvalue weighted by Crippen LogP contribution is -1.97. The molecular weight excluding hydrogens is 232 g/mol. The first-order valence-electron chi connectivity index (χ1n) is 5.52. The van der Waals surface area contributed by atoms with Crippen molar-refractivity contribution in [2.45, 2.75) is 6.92 Å². The minimum absolute atomic E-state index is 0.562. The summed E-state index contributed by atoms with van der Waals surface area (Å²) in [7, 11) is 4.77. The van der Waals surface area contributed by atoms with Crippen LogP contribution in [0.4, 0.5) is 0 Å². The molecule has 0 fully saturated rings.